The number of aromatic nitrogens is 1. The summed E-state index contributed by atoms with van der Waals surface area (Å²) in [5.41, 5.74) is 2.20. The predicted molar refractivity (Wildman–Crippen MR) is 60.4 cm³/mol. The van der Waals surface area contributed by atoms with Crippen molar-refractivity contribution < 1.29 is 4.39 Å². The van der Waals surface area contributed by atoms with Crippen molar-refractivity contribution in [2.24, 2.45) is 7.05 Å². The number of nitrogens with one attached hydrogen (secondary N) is 1. The molecule has 3 heteroatoms. The SMILES string of the molecule is CNC(C)c1cn(C)c2ccc(F)cc12. The number of fused-ring (bicyclic) bond motifs is 1. The number of halogens is 1. The van der Waals surface area contributed by atoms with Crippen LogP contribution in [-0.4, -0.2) is 11.6 Å². The van der Waals surface area contributed by atoms with E-state index in [4.69, 9.17) is 0 Å². The Bertz CT molecular complexity index is 488. The first kappa shape index (κ1) is 10.2. The highest BCUT2D eigenvalue weighted by atomic mass is 19.1. The minimum Gasteiger partial charge on any atom is -0.350 e. The lowest BCUT2D eigenvalue weighted by Crippen LogP contribution is -2.11. The van der Waals surface area contributed by atoms with Gasteiger partial charge in [-0.2, -0.15) is 0 Å². The quantitative estimate of drug-likeness (QED) is 0.799. The summed E-state index contributed by atoms with van der Waals surface area (Å²) in [5, 5.41) is 4.16. The van der Waals surface area contributed by atoms with Crippen LogP contribution in [0.25, 0.3) is 10.9 Å². The predicted octanol–water partition coefficient (Wildman–Crippen LogP) is 2.60. The van der Waals surface area contributed by atoms with E-state index in [2.05, 4.69) is 12.2 Å². The van der Waals surface area contributed by atoms with Gasteiger partial charge in [-0.25, -0.2) is 4.39 Å². The van der Waals surface area contributed by atoms with Crippen LogP contribution >= 0.6 is 0 Å². The summed E-state index contributed by atoms with van der Waals surface area (Å²) in [7, 11) is 3.88. The summed E-state index contributed by atoms with van der Waals surface area (Å²) in [6, 6.07) is 5.14. The largest absolute Gasteiger partial charge is 0.350 e. The first-order chi connectivity index (χ1) is 7.13. The van der Waals surface area contributed by atoms with Crippen LogP contribution in [0, 0.1) is 5.82 Å². The standard InChI is InChI=1S/C12H15FN2/c1-8(14-2)11-7-15(3)12-5-4-9(13)6-10(11)12/h4-8,14H,1-3H3. The number of benzene rings is 1. The van der Waals surface area contributed by atoms with Crippen LogP contribution in [0.3, 0.4) is 0 Å². The zero-order valence-corrected chi connectivity index (χ0v) is 9.21. The molecule has 1 N–H and O–H groups in total. The van der Waals surface area contributed by atoms with Gasteiger partial charge in [0.25, 0.3) is 0 Å². The van der Waals surface area contributed by atoms with Gasteiger partial charge in [-0.15, -0.1) is 0 Å². The number of nitrogens with zero attached hydrogens (tertiary/aromatic N) is 1. The highest BCUT2D eigenvalue weighted by molar-refractivity contribution is 5.84. The van der Waals surface area contributed by atoms with E-state index in [9.17, 15) is 4.39 Å². The minimum absolute atomic E-state index is 0.182. The molecule has 0 bridgehead atoms. The van der Waals surface area contributed by atoms with Gasteiger partial charge in [0, 0.05) is 30.2 Å². The molecule has 1 aromatic carbocycles. The Balaban J connectivity index is 2.69. The minimum atomic E-state index is -0.182. The van der Waals surface area contributed by atoms with Crippen molar-refractivity contribution in [3.8, 4) is 0 Å². The van der Waals surface area contributed by atoms with Crippen molar-refractivity contribution in [2.75, 3.05) is 7.05 Å². The lowest BCUT2D eigenvalue weighted by atomic mass is 10.1. The molecule has 0 aliphatic heterocycles. The maximum absolute atomic E-state index is 13.2. The molecule has 2 rings (SSSR count). The van der Waals surface area contributed by atoms with E-state index in [0.29, 0.717) is 0 Å². The van der Waals surface area contributed by atoms with Crippen LogP contribution in [0.4, 0.5) is 4.39 Å². The van der Waals surface area contributed by atoms with E-state index in [1.807, 2.05) is 30.9 Å². The van der Waals surface area contributed by atoms with Gasteiger partial charge in [0.2, 0.25) is 0 Å². The molecule has 0 saturated heterocycles. The topological polar surface area (TPSA) is 17.0 Å². The Morgan fingerprint density at radius 3 is 2.80 bits per heavy atom. The maximum Gasteiger partial charge on any atom is 0.123 e. The van der Waals surface area contributed by atoms with Crippen molar-refractivity contribution in [3.05, 3.63) is 35.8 Å². The molecule has 0 spiro atoms. The number of aryl methyl sites for hydroxylation is 1. The van der Waals surface area contributed by atoms with Crippen LogP contribution in [0.15, 0.2) is 24.4 Å². The first-order valence-corrected chi connectivity index (χ1v) is 5.05. The zero-order valence-electron chi connectivity index (χ0n) is 9.21. The third-order valence-electron chi connectivity index (χ3n) is 2.88. The molecule has 0 amide bonds. The summed E-state index contributed by atoms with van der Waals surface area (Å²) in [6.45, 7) is 2.07. The van der Waals surface area contributed by atoms with E-state index in [1.54, 1.807) is 6.07 Å². The molecular formula is C12H15FN2. The smallest absolute Gasteiger partial charge is 0.123 e. The van der Waals surface area contributed by atoms with Gasteiger partial charge in [-0.05, 0) is 37.7 Å². The van der Waals surface area contributed by atoms with Crippen LogP contribution in [-0.2, 0) is 7.05 Å². The number of hydrogen-bond acceptors (Lipinski definition) is 1. The summed E-state index contributed by atoms with van der Waals surface area (Å²) in [6.07, 6.45) is 2.05. The Morgan fingerprint density at radius 1 is 1.40 bits per heavy atom. The molecule has 1 atom stereocenters. The van der Waals surface area contributed by atoms with E-state index in [1.165, 1.54) is 6.07 Å². The maximum atomic E-state index is 13.2. The van der Waals surface area contributed by atoms with Crippen molar-refractivity contribution in [1.82, 2.24) is 9.88 Å². The van der Waals surface area contributed by atoms with Gasteiger partial charge >= 0.3 is 0 Å². The third-order valence-corrected chi connectivity index (χ3v) is 2.88. The van der Waals surface area contributed by atoms with Gasteiger partial charge in [0.1, 0.15) is 5.82 Å². The molecule has 0 aliphatic rings. The van der Waals surface area contributed by atoms with E-state index < -0.39 is 0 Å². The number of rotatable bonds is 2. The van der Waals surface area contributed by atoms with E-state index in [0.717, 1.165) is 16.5 Å². The highest BCUT2D eigenvalue weighted by Gasteiger charge is 2.11. The van der Waals surface area contributed by atoms with Crippen LogP contribution in [0.1, 0.15) is 18.5 Å². The Morgan fingerprint density at radius 2 is 2.13 bits per heavy atom. The molecule has 0 radical (unpaired) electrons. The molecular weight excluding hydrogens is 191 g/mol. The number of hydrogen-bond donors (Lipinski definition) is 1. The molecule has 1 heterocycles. The summed E-state index contributed by atoms with van der Waals surface area (Å²) < 4.78 is 15.2. The molecule has 0 fully saturated rings. The van der Waals surface area contributed by atoms with Gasteiger partial charge in [0.05, 0.1) is 0 Å². The molecule has 2 nitrogen and oxygen atoms in total. The summed E-state index contributed by atoms with van der Waals surface area (Å²) >= 11 is 0. The fourth-order valence-corrected chi connectivity index (χ4v) is 1.90. The molecule has 0 saturated carbocycles. The van der Waals surface area contributed by atoms with Crippen LogP contribution < -0.4 is 5.32 Å². The molecule has 1 aromatic heterocycles. The van der Waals surface area contributed by atoms with Crippen LogP contribution in [0.5, 0.6) is 0 Å². The van der Waals surface area contributed by atoms with Crippen molar-refractivity contribution in [2.45, 2.75) is 13.0 Å². The van der Waals surface area contributed by atoms with Crippen molar-refractivity contribution >= 4 is 10.9 Å². The van der Waals surface area contributed by atoms with Gasteiger partial charge in [0.15, 0.2) is 0 Å². The summed E-state index contributed by atoms with van der Waals surface area (Å²) in [5.74, 6) is -0.182. The second kappa shape index (κ2) is 3.66. The molecule has 80 valence electrons. The van der Waals surface area contributed by atoms with E-state index >= 15 is 0 Å². The average Bonchev–Trinajstić information content (AvgIpc) is 2.54. The van der Waals surface area contributed by atoms with Crippen molar-refractivity contribution in [1.29, 1.82) is 0 Å². The average molecular weight is 206 g/mol. The highest BCUT2D eigenvalue weighted by Crippen LogP contribution is 2.26. The monoisotopic (exact) mass is 206 g/mol. The Hall–Kier alpha value is -1.35. The fraction of sp³-hybridized carbons (Fsp3) is 0.333. The van der Waals surface area contributed by atoms with Gasteiger partial charge in [-0.3, -0.25) is 0 Å². The lowest BCUT2D eigenvalue weighted by molar-refractivity contribution is 0.628. The van der Waals surface area contributed by atoms with E-state index in [-0.39, 0.29) is 11.9 Å². The second-order valence-electron chi connectivity index (χ2n) is 3.87. The third kappa shape index (κ3) is 1.63. The van der Waals surface area contributed by atoms with Crippen LogP contribution in [0.2, 0.25) is 0 Å². The van der Waals surface area contributed by atoms with Gasteiger partial charge in [-0.1, -0.05) is 0 Å². The Labute approximate surface area is 88.7 Å². The molecule has 0 aliphatic carbocycles. The lowest BCUT2D eigenvalue weighted by Gasteiger charge is -2.08. The zero-order chi connectivity index (χ0) is 11.0. The second-order valence-corrected chi connectivity index (χ2v) is 3.87. The normalized spacial score (nSPS) is 13.3. The first-order valence-electron chi connectivity index (χ1n) is 5.05. The molecule has 2 aromatic rings. The van der Waals surface area contributed by atoms with Gasteiger partial charge < -0.3 is 9.88 Å². The van der Waals surface area contributed by atoms with Crippen molar-refractivity contribution in [3.63, 3.8) is 0 Å². The molecule has 1 unspecified atom stereocenters. The Kier molecular flexibility index (Phi) is 2.49. The molecule has 15 heavy (non-hydrogen) atoms. The summed E-state index contributed by atoms with van der Waals surface area (Å²) in [4.78, 5) is 0. The fourth-order valence-electron chi connectivity index (χ4n) is 1.90.